The fourth-order valence-electron chi connectivity index (χ4n) is 1.65. The highest BCUT2D eigenvalue weighted by atomic mass is 32.2. The van der Waals surface area contributed by atoms with Crippen molar-refractivity contribution in [1.29, 1.82) is 0 Å². The van der Waals surface area contributed by atoms with Crippen molar-refractivity contribution >= 4 is 16.0 Å². The molecule has 112 valence electrons. The zero-order valence-corrected chi connectivity index (χ0v) is 12.2. The smallest absolute Gasteiger partial charge is 0.338 e. The lowest BCUT2D eigenvalue weighted by molar-refractivity contribution is 0.0526. The number of benzene rings is 1. The fraction of sp³-hybridized carbons (Fsp3) is 0.214. The Morgan fingerprint density at radius 3 is 2.52 bits per heavy atom. The molecular weight excluding hydrogens is 294 g/mol. The van der Waals surface area contributed by atoms with Gasteiger partial charge in [0.2, 0.25) is 10.0 Å². The minimum atomic E-state index is -3.65. The average Bonchev–Trinajstić information content (AvgIpc) is 2.99. The summed E-state index contributed by atoms with van der Waals surface area (Å²) >= 11 is 0. The van der Waals surface area contributed by atoms with Crippen molar-refractivity contribution in [2.75, 3.05) is 6.61 Å². The second-order valence-electron chi connectivity index (χ2n) is 4.15. The zero-order chi connectivity index (χ0) is 15.3. The molecule has 0 unspecified atom stereocenters. The SMILES string of the molecule is CCOC(=O)c1ccc(S(=O)(=O)NCc2ccco2)cc1. The van der Waals surface area contributed by atoms with Crippen molar-refractivity contribution in [3.8, 4) is 0 Å². The minimum absolute atomic E-state index is 0.0644. The Hall–Kier alpha value is -2.12. The maximum absolute atomic E-state index is 12.1. The number of rotatable bonds is 6. The summed E-state index contributed by atoms with van der Waals surface area (Å²) < 4.78 is 36.4. The van der Waals surface area contributed by atoms with Gasteiger partial charge in [-0.05, 0) is 43.3 Å². The summed E-state index contributed by atoms with van der Waals surface area (Å²) in [7, 11) is -3.65. The van der Waals surface area contributed by atoms with E-state index in [4.69, 9.17) is 9.15 Å². The van der Waals surface area contributed by atoms with Gasteiger partial charge in [0.25, 0.3) is 0 Å². The predicted molar refractivity (Wildman–Crippen MR) is 75.1 cm³/mol. The van der Waals surface area contributed by atoms with Crippen LogP contribution in [0.5, 0.6) is 0 Å². The highest BCUT2D eigenvalue weighted by Gasteiger charge is 2.15. The molecular formula is C14H15NO5S. The van der Waals surface area contributed by atoms with Crippen molar-refractivity contribution in [3.05, 3.63) is 54.0 Å². The Kier molecular flexibility index (Phi) is 4.77. The Bertz CT molecular complexity index is 689. The number of esters is 1. The van der Waals surface area contributed by atoms with E-state index in [9.17, 15) is 13.2 Å². The fourth-order valence-corrected chi connectivity index (χ4v) is 2.64. The first kappa shape index (κ1) is 15.3. The highest BCUT2D eigenvalue weighted by molar-refractivity contribution is 7.89. The van der Waals surface area contributed by atoms with Crippen LogP contribution in [0.2, 0.25) is 0 Å². The van der Waals surface area contributed by atoms with Crippen LogP contribution in [0.4, 0.5) is 0 Å². The van der Waals surface area contributed by atoms with Crippen LogP contribution in [-0.4, -0.2) is 21.0 Å². The molecule has 0 spiro atoms. The molecule has 0 aliphatic heterocycles. The molecule has 1 aromatic heterocycles. The molecule has 0 saturated carbocycles. The van der Waals surface area contributed by atoms with Crippen LogP contribution in [0.1, 0.15) is 23.0 Å². The van der Waals surface area contributed by atoms with Crippen LogP contribution < -0.4 is 4.72 Å². The van der Waals surface area contributed by atoms with E-state index in [0.29, 0.717) is 11.3 Å². The number of hydrogen-bond donors (Lipinski definition) is 1. The Morgan fingerprint density at radius 2 is 1.95 bits per heavy atom. The molecule has 0 bridgehead atoms. The lowest BCUT2D eigenvalue weighted by Gasteiger charge is -2.06. The van der Waals surface area contributed by atoms with Crippen molar-refractivity contribution in [3.63, 3.8) is 0 Å². The first-order valence-electron chi connectivity index (χ1n) is 6.32. The normalized spacial score (nSPS) is 11.3. The van der Waals surface area contributed by atoms with Gasteiger partial charge in [0.1, 0.15) is 5.76 Å². The summed E-state index contributed by atoms with van der Waals surface area (Å²) in [5, 5.41) is 0. The van der Waals surface area contributed by atoms with Gasteiger partial charge >= 0.3 is 5.97 Å². The van der Waals surface area contributed by atoms with Gasteiger partial charge in [-0.1, -0.05) is 0 Å². The number of nitrogens with one attached hydrogen (secondary N) is 1. The third-order valence-electron chi connectivity index (χ3n) is 2.69. The summed E-state index contributed by atoms with van der Waals surface area (Å²) in [5.41, 5.74) is 0.307. The summed E-state index contributed by atoms with van der Waals surface area (Å²) in [4.78, 5) is 11.6. The van der Waals surface area contributed by atoms with Crippen LogP contribution in [0, 0.1) is 0 Å². The molecule has 0 fully saturated rings. The largest absolute Gasteiger partial charge is 0.468 e. The van der Waals surface area contributed by atoms with Gasteiger partial charge in [0.15, 0.2) is 0 Å². The number of ether oxygens (including phenoxy) is 1. The van der Waals surface area contributed by atoms with E-state index >= 15 is 0 Å². The molecule has 0 aliphatic rings. The summed E-state index contributed by atoms with van der Waals surface area (Å²) in [6.45, 7) is 2.04. The van der Waals surface area contributed by atoms with Gasteiger partial charge in [0.05, 0.1) is 29.9 Å². The Morgan fingerprint density at radius 1 is 1.24 bits per heavy atom. The van der Waals surface area contributed by atoms with E-state index in [1.807, 2.05) is 0 Å². The Labute approximate surface area is 122 Å². The lowest BCUT2D eigenvalue weighted by Crippen LogP contribution is -2.23. The quantitative estimate of drug-likeness (QED) is 0.824. The van der Waals surface area contributed by atoms with E-state index in [0.717, 1.165) is 0 Å². The molecule has 0 atom stereocenters. The Balaban J connectivity index is 2.08. The van der Waals surface area contributed by atoms with Crippen molar-refractivity contribution in [2.45, 2.75) is 18.4 Å². The molecule has 0 amide bonds. The second kappa shape index (κ2) is 6.55. The van der Waals surface area contributed by atoms with Crippen LogP contribution in [0.25, 0.3) is 0 Å². The predicted octanol–water partition coefficient (Wildman–Crippen LogP) is 1.93. The van der Waals surface area contributed by atoms with Gasteiger partial charge < -0.3 is 9.15 Å². The molecule has 1 heterocycles. The van der Waals surface area contributed by atoms with Crippen molar-refractivity contribution in [2.24, 2.45) is 0 Å². The van der Waals surface area contributed by atoms with E-state index in [1.54, 1.807) is 19.1 Å². The standard InChI is InChI=1S/C14H15NO5S/c1-2-19-14(16)11-5-7-13(8-6-11)21(17,18)15-10-12-4-3-9-20-12/h3-9,15H,2,10H2,1H3. The molecule has 21 heavy (non-hydrogen) atoms. The number of hydrogen-bond acceptors (Lipinski definition) is 5. The van der Waals surface area contributed by atoms with E-state index in [1.165, 1.54) is 30.5 Å². The minimum Gasteiger partial charge on any atom is -0.468 e. The van der Waals surface area contributed by atoms with Gasteiger partial charge in [-0.15, -0.1) is 0 Å². The second-order valence-corrected chi connectivity index (χ2v) is 5.92. The molecule has 1 N–H and O–H groups in total. The van der Waals surface area contributed by atoms with Crippen LogP contribution in [-0.2, 0) is 21.3 Å². The van der Waals surface area contributed by atoms with Gasteiger partial charge in [-0.3, -0.25) is 0 Å². The molecule has 1 aromatic carbocycles. The maximum Gasteiger partial charge on any atom is 0.338 e. The van der Waals surface area contributed by atoms with Crippen molar-refractivity contribution < 1.29 is 22.4 Å². The van der Waals surface area contributed by atoms with Crippen LogP contribution >= 0.6 is 0 Å². The average molecular weight is 309 g/mol. The van der Waals surface area contributed by atoms with E-state index < -0.39 is 16.0 Å². The summed E-state index contributed by atoms with van der Waals surface area (Å²) in [6, 6.07) is 8.90. The first-order valence-corrected chi connectivity index (χ1v) is 7.80. The number of carbonyl (C=O) groups excluding carboxylic acids is 1. The van der Waals surface area contributed by atoms with Gasteiger partial charge in [-0.2, -0.15) is 0 Å². The monoisotopic (exact) mass is 309 g/mol. The van der Waals surface area contributed by atoms with Crippen molar-refractivity contribution in [1.82, 2.24) is 4.72 Å². The lowest BCUT2D eigenvalue weighted by atomic mass is 10.2. The van der Waals surface area contributed by atoms with Crippen LogP contribution in [0.3, 0.4) is 0 Å². The molecule has 2 rings (SSSR count). The third kappa shape index (κ3) is 3.93. The molecule has 6 nitrogen and oxygen atoms in total. The number of sulfonamides is 1. The van der Waals surface area contributed by atoms with E-state index in [2.05, 4.69) is 4.72 Å². The molecule has 2 aromatic rings. The molecule has 0 aliphatic carbocycles. The number of furan rings is 1. The third-order valence-corrected chi connectivity index (χ3v) is 4.11. The zero-order valence-electron chi connectivity index (χ0n) is 11.4. The molecule has 7 heteroatoms. The summed E-state index contributed by atoms with van der Waals surface area (Å²) in [5.74, 6) is 0.0340. The summed E-state index contributed by atoms with van der Waals surface area (Å²) in [6.07, 6.45) is 1.47. The molecule has 0 saturated heterocycles. The van der Waals surface area contributed by atoms with Gasteiger partial charge in [-0.25, -0.2) is 17.9 Å². The first-order chi connectivity index (χ1) is 10.0. The van der Waals surface area contributed by atoms with Crippen LogP contribution in [0.15, 0.2) is 52.0 Å². The van der Waals surface area contributed by atoms with E-state index in [-0.39, 0.29) is 18.0 Å². The topological polar surface area (TPSA) is 85.6 Å². The van der Waals surface area contributed by atoms with Gasteiger partial charge in [0, 0.05) is 0 Å². The highest BCUT2D eigenvalue weighted by Crippen LogP contribution is 2.12. The number of carbonyl (C=O) groups is 1. The maximum atomic E-state index is 12.1. The molecule has 0 radical (unpaired) electrons.